The van der Waals surface area contributed by atoms with E-state index in [2.05, 4.69) is 10.2 Å². The molecule has 8 nitrogen and oxygen atoms in total. The number of nitrogens with zero attached hydrogens (tertiary/aromatic N) is 3. The fourth-order valence-corrected chi connectivity index (χ4v) is 6.52. The molecule has 1 aliphatic heterocycles. The van der Waals surface area contributed by atoms with Gasteiger partial charge in [-0.05, 0) is 67.8 Å². The van der Waals surface area contributed by atoms with Crippen LogP contribution in [0.2, 0.25) is 0 Å². The molecule has 1 saturated heterocycles. The molecule has 216 valence electrons. The maximum Gasteiger partial charge on any atom is 0.301 e. The van der Waals surface area contributed by atoms with Crippen molar-refractivity contribution < 1.29 is 28.6 Å². The Morgan fingerprint density at radius 1 is 1.05 bits per heavy atom. The molecule has 3 aromatic carbocycles. The summed E-state index contributed by atoms with van der Waals surface area (Å²) in [5, 5.41) is 20.3. The van der Waals surface area contributed by atoms with Gasteiger partial charge in [-0.15, -0.1) is 10.2 Å². The van der Waals surface area contributed by atoms with E-state index >= 15 is 0 Å². The Labute approximate surface area is 250 Å². The van der Waals surface area contributed by atoms with Crippen molar-refractivity contribution in [2.45, 2.75) is 36.9 Å². The van der Waals surface area contributed by atoms with Crippen molar-refractivity contribution in [2.75, 3.05) is 18.6 Å². The highest BCUT2D eigenvalue weighted by atomic mass is 32.2. The molecular formula is C31H28FN3O5S2. The van der Waals surface area contributed by atoms with Gasteiger partial charge in [0.25, 0.3) is 5.78 Å². The largest absolute Gasteiger partial charge is 0.507 e. The van der Waals surface area contributed by atoms with E-state index in [1.807, 2.05) is 32.9 Å². The van der Waals surface area contributed by atoms with Crippen molar-refractivity contribution in [2.24, 2.45) is 0 Å². The number of anilines is 1. The molecule has 0 spiro atoms. The zero-order valence-electron chi connectivity index (χ0n) is 23.4. The number of hydrogen-bond acceptors (Lipinski definition) is 9. The molecule has 42 heavy (non-hydrogen) atoms. The number of carbonyl (C=O) groups is 2. The summed E-state index contributed by atoms with van der Waals surface area (Å²) < 4.78 is 25.1. The molecule has 0 radical (unpaired) electrons. The second-order valence-corrected chi connectivity index (χ2v) is 11.8. The minimum atomic E-state index is -1.00. The van der Waals surface area contributed by atoms with Crippen molar-refractivity contribution in [1.29, 1.82) is 0 Å². The lowest BCUT2D eigenvalue weighted by molar-refractivity contribution is -0.132. The molecule has 0 saturated carbocycles. The van der Waals surface area contributed by atoms with Gasteiger partial charge in [0.05, 0.1) is 25.3 Å². The topological polar surface area (TPSA) is 102 Å². The van der Waals surface area contributed by atoms with Gasteiger partial charge in [-0.1, -0.05) is 59.0 Å². The van der Waals surface area contributed by atoms with Crippen molar-refractivity contribution in [3.63, 3.8) is 0 Å². The molecular weight excluding hydrogens is 577 g/mol. The van der Waals surface area contributed by atoms with Crippen LogP contribution >= 0.6 is 23.1 Å². The highest BCUT2D eigenvalue weighted by molar-refractivity contribution is 8.00. The number of ketones is 1. The molecule has 1 aromatic heterocycles. The van der Waals surface area contributed by atoms with Crippen LogP contribution in [-0.4, -0.2) is 40.7 Å². The average Bonchev–Trinajstić information content (AvgIpc) is 3.56. The molecule has 1 amide bonds. The first-order valence-corrected chi connectivity index (χ1v) is 14.9. The Bertz CT molecular complexity index is 1690. The molecule has 0 bridgehead atoms. The van der Waals surface area contributed by atoms with Gasteiger partial charge < -0.3 is 14.6 Å². The SMILES string of the molecule is CCOc1ccc(C2/C(=C(\O)c3cc(C)ccc3C)C(=O)C(=O)N2c2nnc(SCc3ccc(F)cc3)s2)cc1OC. The summed E-state index contributed by atoms with van der Waals surface area (Å²) >= 11 is 2.53. The number of ether oxygens (including phenoxy) is 2. The van der Waals surface area contributed by atoms with E-state index in [0.29, 0.717) is 39.3 Å². The van der Waals surface area contributed by atoms with E-state index in [0.717, 1.165) is 28.0 Å². The minimum absolute atomic E-state index is 0.0596. The summed E-state index contributed by atoms with van der Waals surface area (Å²) in [6.07, 6.45) is 0. The van der Waals surface area contributed by atoms with Crippen LogP contribution in [0.3, 0.4) is 0 Å². The number of rotatable bonds is 9. The summed E-state index contributed by atoms with van der Waals surface area (Å²) in [6.45, 7) is 5.99. The Balaban J connectivity index is 1.60. The van der Waals surface area contributed by atoms with Crippen molar-refractivity contribution in [3.05, 3.63) is 99.9 Å². The molecule has 1 fully saturated rings. The number of thioether (sulfide) groups is 1. The molecule has 5 rings (SSSR count). The fourth-order valence-electron chi connectivity index (χ4n) is 4.69. The maximum atomic E-state index is 13.6. The standard InChI is InChI=1S/C31H28FN3O5S2/c1-5-40-23-13-10-20(15-24(23)39-4)26-25(27(36)22-14-17(2)6-7-18(22)3)28(37)29(38)35(26)30-33-34-31(42-30)41-16-19-8-11-21(32)12-9-19/h6-15,26,36H,5,16H2,1-4H3/b27-25+. The number of benzene rings is 3. The van der Waals surface area contributed by atoms with Gasteiger partial charge >= 0.3 is 5.91 Å². The molecule has 0 aliphatic carbocycles. The molecule has 4 aromatic rings. The van der Waals surface area contributed by atoms with E-state index < -0.39 is 17.7 Å². The van der Waals surface area contributed by atoms with Crippen LogP contribution in [-0.2, 0) is 15.3 Å². The lowest BCUT2D eigenvalue weighted by atomic mass is 9.93. The number of Topliss-reactive ketones (excluding diaryl/α,β-unsaturated/α-hetero) is 1. The third kappa shape index (κ3) is 5.75. The number of aliphatic hydroxyl groups excluding tert-OH is 1. The van der Waals surface area contributed by atoms with Crippen LogP contribution in [0.25, 0.3) is 5.76 Å². The number of methoxy groups -OCH3 is 1. The summed E-state index contributed by atoms with van der Waals surface area (Å²) in [5.41, 5.74) is 3.47. The first-order valence-electron chi connectivity index (χ1n) is 13.1. The van der Waals surface area contributed by atoms with Crippen LogP contribution in [0, 0.1) is 19.7 Å². The third-order valence-electron chi connectivity index (χ3n) is 6.77. The smallest absolute Gasteiger partial charge is 0.301 e. The molecule has 2 heterocycles. The molecule has 1 unspecified atom stereocenters. The van der Waals surface area contributed by atoms with Gasteiger partial charge in [-0.25, -0.2) is 4.39 Å². The highest BCUT2D eigenvalue weighted by Crippen LogP contribution is 2.46. The van der Waals surface area contributed by atoms with E-state index in [-0.39, 0.29) is 22.3 Å². The van der Waals surface area contributed by atoms with Gasteiger partial charge in [0.2, 0.25) is 5.13 Å². The lowest BCUT2D eigenvalue weighted by Gasteiger charge is -2.23. The lowest BCUT2D eigenvalue weighted by Crippen LogP contribution is -2.29. The van der Waals surface area contributed by atoms with Crippen LogP contribution in [0.4, 0.5) is 9.52 Å². The second kappa shape index (κ2) is 12.3. The Morgan fingerprint density at radius 3 is 2.52 bits per heavy atom. The number of aromatic nitrogens is 2. The van der Waals surface area contributed by atoms with Gasteiger partial charge in [-0.3, -0.25) is 14.5 Å². The van der Waals surface area contributed by atoms with E-state index in [1.54, 1.807) is 36.4 Å². The van der Waals surface area contributed by atoms with Crippen LogP contribution in [0.1, 0.15) is 40.8 Å². The predicted octanol–water partition coefficient (Wildman–Crippen LogP) is 6.62. The van der Waals surface area contributed by atoms with Gasteiger partial charge in [0.1, 0.15) is 11.6 Å². The first kappa shape index (κ1) is 29.3. The Hall–Kier alpha value is -4.22. The van der Waals surface area contributed by atoms with Crippen molar-refractivity contribution in [1.82, 2.24) is 10.2 Å². The fraction of sp³-hybridized carbons (Fsp3) is 0.226. The number of aryl methyl sites for hydroxylation is 2. The molecule has 11 heteroatoms. The van der Waals surface area contributed by atoms with Crippen molar-refractivity contribution >= 4 is 45.7 Å². The molecule has 1 aliphatic rings. The molecule has 1 atom stereocenters. The number of halogens is 1. The Kier molecular flexibility index (Phi) is 8.60. The van der Waals surface area contributed by atoms with Crippen molar-refractivity contribution in [3.8, 4) is 11.5 Å². The van der Waals surface area contributed by atoms with Gasteiger partial charge in [0.15, 0.2) is 15.8 Å². The third-order valence-corrected chi connectivity index (χ3v) is 8.90. The van der Waals surface area contributed by atoms with Gasteiger partial charge in [0, 0.05) is 11.3 Å². The van der Waals surface area contributed by atoms with Crippen LogP contribution < -0.4 is 14.4 Å². The van der Waals surface area contributed by atoms with Crippen LogP contribution in [0.5, 0.6) is 11.5 Å². The predicted molar refractivity (Wildman–Crippen MR) is 161 cm³/mol. The monoisotopic (exact) mass is 605 g/mol. The summed E-state index contributed by atoms with van der Waals surface area (Å²) in [6, 6.07) is 15.8. The molecule has 1 N–H and O–H groups in total. The zero-order chi connectivity index (χ0) is 30.0. The van der Waals surface area contributed by atoms with E-state index in [1.165, 1.54) is 35.9 Å². The quantitative estimate of drug-likeness (QED) is 0.0747. The average molecular weight is 606 g/mol. The number of amides is 1. The summed E-state index contributed by atoms with van der Waals surface area (Å²) in [7, 11) is 1.50. The van der Waals surface area contributed by atoms with Crippen LogP contribution in [0.15, 0.2) is 70.6 Å². The highest BCUT2D eigenvalue weighted by Gasteiger charge is 2.48. The Morgan fingerprint density at radius 2 is 1.81 bits per heavy atom. The first-order chi connectivity index (χ1) is 20.2. The summed E-state index contributed by atoms with van der Waals surface area (Å²) in [5.74, 6) is -0.813. The number of hydrogen-bond donors (Lipinski definition) is 1. The zero-order valence-corrected chi connectivity index (χ0v) is 25.0. The van der Waals surface area contributed by atoms with E-state index in [4.69, 9.17) is 9.47 Å². The van der Waals surface area contributed by atoms with Gasteiger partial charge in [-0.2, -0.15) is 0 Å². The number of aliphatic hydroxyl groups is 1. The normalized spacial score (nSPS) is 16.2. The maximum absolute atomic E-state index is 13.6. The minimum Gasteiger partial charge on any atom is -0.507 e. The second-order valence-electron chi connectivity index (χ2n) is 9.60. The van der Waals surface area contributed by atoms with E-state index in [9.17, 15) is 19.1 Å². The summed E-state index contributed by atoms with van der Waals surface area (Å²) in [4.78, 5) is 28.5. The number of carbonyl (C=O) groups excluding carboxylic acids is 2.